The molecule has 0 aromatic heterocycles. The van der Waals surface area contributed by atoms with E-state index in [4.69, 9.17) is 0 Å². The second-order valence-electron chi connectivity index (χ2n) is 7.52. The van der Waals surface area contributed by atoms with Gasteiger partial charge in [0, 0.05) is 11.0 Å². The van der Waals surface area contributed by atoms with Crippen LogP contribution in [0.3, 0.4) is 0 Å². The minimum absolute atomic E-state index is 0.165. The first-order chi connectivity index (χ1) is 14.3. The molecule has 30 heavy (non-hydrogen) atoms. The summed E-state index contributed by atoms with van der Waals surface area (Å²) < 4.78 is 28.7. The largest absolute Gasteiger partial charge is 0.354 e. The average molecular weight is 495 g/mol. The van der Waals surface area contributed by atoms with Crippen LogP contribution >= 0.6 is 15.9 Å². The van der Waals surface area contributed by atoms with E-state index in [-0.39, 0.29) is 17.3 Å². The SMILES string of the molecule is CCCCC(CC)CNC(=O)CN(c1ccc(Br)cc1)S(=O)(=O)c1ccc(C)cc1. The number of sulfonamides is 1. The van der Waals surface area contributed by atoms with Gasteiger partial charge in [0.05, 0.1) is 10.6 Å². The molecular formula is C23H31BrN2O3S. The molecule has 1 amide bonds. The molecule has 1 N–H and O–H groups in total. The summed E-state index contributed by atoms with van der Waals surface area (Å²) in [6.07, 6.45) is 4.29. The summed E-state index contributed by atoms with van der Waals surface area (Å²) in [7, 11) is -3.88. The van der Waals surface area contributed by atoms with Crippen molar-refractivity contribution >= 4 is 37.5 Å². The molecule has 0 heterocycles. The molecular weight excluding hydrogens is 464 g/mol. The fourth-order valence-electron chi connectivity index (χ4n) is 3.15. The number of halogens is 1. The van der Waals surface area contributed by atoms with Crippen LogP contribution in [0.1, 0.15) is 45.1 Å². The molecule has 2 aromatic rings. The lowest BCUT2D eigenvalue weighted by molar-refractivity contribution is -0.119. The Morgan fingerprint density at radius 3 is 2.27 bits per heavy atom. The number of anilines is 1. The Morgan fingerprint density at radius 2 is 1.70 bits per heavy atom. The summed E-state index contributed by atoms with van der Waals surface area (Å²) in [4.78, 5) is 12.9. The van der Waals surface area contributed by atoms with Gasteiger partial charge in [-0.1, -0.05) is 66.7 Å². The topological polar surface area (TPSA) is 66.5 Å². The van der Waals surface area contributed by atoms with Crippen molar-refractivity contribution in [2.24, 2.45) is 5.92 Å². The van der Waals surface area contributed by atoms with Gasteiger partial charge in [-0.15, -0.1) is 0 Å². The molecule has 0 aliphatic carbocycles. The van der Waals surface area contributed by atoms with E-state index in [0.29, 0.717) is 18.2 Å². The van der Waals surface area contributed by atoms with Crippen molar-refractivity contribution in [2.45, 2.75) is 51.3 Å². The van der Waals surface area contributed by atoms with Gasteiger partial charge in [-0.25, -0.2) is 8.42 Å². The van der Waals surface area contributed by atoms with E-state index in [1.165, 1.54) is 4.31 Å². The minimum Gasteiger partial charge on any atom is -0.354 e. The van der Waals surface area contributed by atoms with E-state index in [1.807, 2.05) is 6.92 Å². The highest BCUT2D eigenvalue weighted by atomic mass is 79.9. The zero-order chi connectivity index (χ0) is 22.1. The van der Waals surface area contributed by atoms with Crippen LogP contribution in [0.5, 0.6) is 0 Å². The van der Waals surface area contributed by atoms with Gasteiger partial charge in [-0.05, 0) is 55.7 Å². The first-order valence-corrected chi connectivity index (χ1v) is 12.6. The molecule has 0 aliphatic rings. The highest BCUT2D eigenvalue weighted by Gasteiger charge is 2.27. The first-order valence-electron chi connectivity index (χ1n) is 10.4. The normalized spacial score (nSPS) is 12.4. The third-order valence-electron chi connectivity index (χ3n) is 5.14. The quantitative estimate of drug-likeness (QED) is 0.461. The number of unbranched alkanes of at least 4 members (excludes halogenated alkanes) is 1. The molecule has 1 atom stereocenters. The number of aryl methyl sites for hydroxylation is 1. The maximum absolute atomic E-state index is 13.3. The number of benzene rings is 2. The van der Waals surface area contributed by atoms with Crippen LogP contribution in [-0.4, -0.2) is 27.4 Å². The molecule has 0 spiro atoms. The monoisotopic (exact) mass is 494 g/mol. The van der Waals surface area contributed by atoms with Crippen LogP contribution in [0.15, 0.2) is 57.9 Å². The molecule has 0 bridgehead atoms. The fourth-order valence-corrected chi connectivity index (χ4v) is 4.83. The van der Waals surface area contributed by atoms with E-state index < -0.39 is 10.0 Å². The van der Waals surface area contributed by atoms with Gasteiger partial charge >= 0.3 is 0 Å². The summed E-state index contributed by atoms with van der Waals surface area (Å²) in [6.45, 7) is 6.47. The second-order valence-corrected chi connectivity index (χ2v) is 10.3. The predicted octanol–water partition coefficient (Wildman–Crippen LogP) is 5.29. The molecule has 0 saturated carbocycles. The smallest absolute Gasteiger partial charge is 0.264 e. The van der Waals surface area contributed by atoms with Crippen LogP contribution in [0, 0.1) is 12.8 Å². The molecule has 0 saturated heterocycles. The third-order valence-corrected chi connectivity index (χ3v) is 7.46. The van der Waals surface area contributed by atoms with Crippen molar-refractivity contribution < 1.29 is 13.2 Å². The minimum atomic E-state index is -3.88. The number of amides is 1. The number of hydrogen-bond acceptors (Lipinski definition) is 3. The Kier molecular flexibility index (Phi) is 9.37. The summed E-state index contributed by atoms with van der Waals surface area (Å²) >= 11 is 3.37. The van der Waals surface area contributed by atoms with Crippen molar-refractivity contribution in [1.82, 2.24) is 5.32 Å². The van der Waals surface area contributed by atoms with Crippen LogP contribution < -0.4 is 9.62 Å². The zero-order valence-corrected chi connectivity index (χ0v) is 20.3. The summed E-state index contributed by atoms with van der Waals surface area (Å²) in [5.41, 5.74) is 1.42. The molecule has 0 aliphatic heterocycles. The van der Waals surface area contributed by atoms with Gasteiger partial charge in [-0.2, -0.15) is 0 Å². The molecule has 1 unspecified atom stereocenters. The van der Waals surface area contributed by atoms with E-state index >= 15 is 0 Å². The van der Waals surface area contributed by atoms with Crippen molar-refractivity contribution in [3.8, 4) is 0 Å². The maximum Gasteiger partial charge on any atom is 0.264 e. The number of nitrogens with zero attached hydrogens (tertiary/aromatic N) is 1. The van der Waals surface area contributed by atoms with E-state index in [1.54, 1.807) is 48.5 Å². The fraction of sp³-hybridized carbons (Fsp3) is 0.435. The number of carbonyl (C=O) groups excluding carboxylic acids is 1. The van der Waals surface area contributed by atoms with Gasteiger partial charge in [-0.3, -0.25) is 9.10 Å². The summed E-state index contributed by atoms with van der Waals surface area (Å²) in [6, 6.07) is 13.6. The van der Waals surface area contributed by atoms with Gasteiger partial charge in [0.15, 0.2) is 0 Å². The number of carbonyl (C=O) groups is 1. The average Bonchev–Trinajstić information content (AvgIpc) is 2.73. The standard InChI is InChI=1S/C23H31BrN2O3S/c1-4-6-7-19(5-2)16-25-23(27)17-26(21-12-10-20(24)11-13-21)30(28,29)22-14-8-18(3)9-15-22/h8-15,19H,4-7,16-17H2,1-3H3,(H,25,27). The van der Waals surface area contributed by atoms with E-state index in [2.05, 4.69) is 35.1 Å². The highest BCUT2D eigenvalue weighted by Crippen LogP contribution is 2.25. The Hall–Kier alpha value is -1.86. The van der Waals surface area contributed by atoms with Crippen molar-refractivity contribution in [1.29, 1.82) is 0 Å². The molecule has 164 valence electrons. The van der Waals surface area contributed by atoms with Crippen LogP contribution in [0.4, 0.5) is 5.69 Å². The van der Waals surface area contributed by atoms with Gasteiger partial charge < -0.3 is 5.32 Å². The van der Waals surface area contributed by atoms with E-state index in [0.717, 1.165) is 35.7 Å². The van der Waals surface area contributed by atoms with Crippen molar-refractivity contribution in [3.63, 3.8) is 0 Å². The lowest BCUT2D eigenvalue weighted by atomic mass is 9.99. The maximum atomic E-state index is 13.3. The zero-order valence-electron chi connectivity index (χ0n) is 17.9. The molecule has 5 nitrogen and oxygen atoms in total. The van der Waals surface area contributed by atoms with Crippen molar-refractivity contribution in [3.05, 3.63) is 58.6 Å². The Balaban J connectivity index is 2.23. The summed E-state index contributed by atoms with van der Waals surface area (Å²) in [5.74, 6) is 0.104. The molecule has 0 radical (unpaired) electrons. The Morgan fingerprint density at radius 1 is 1.07 bits per heavy atom. The number of nitrogens with one attached hydrogen (secondary N) is 1. The lowest BCUT2D eigenvalue weighted by Crippen LogP contribution is -2.42. The van der Waals surface area contributed by atoms with Gasteiger partial charge in [0.25, 0.3) is 10.0 Å². The molecule has 0 fully saturated rings. The molecule has 2 rings (SSSR count). The highest BCUT2D eigenvalue weighted by molar-refractivity contribution is 9.10. The summed E-state index contributed by atoms with van der Waals surface area (Å²) in [5, 5.41) is 2.93. The second kappa shape index (κ2) is 11.5. The molecule has 7 heteroatoms. The van der Waals surface area contributed by atoms with Gasteiger partial charge in [0.2, 0.25) is 5.91 Å². The van der Waals surface area contributed by atoms with Crippen LogP contribution in [0.2, 0.25) is 0 Å². The third kappa shape index (κ3) is 6.84. The predicted molar refractivity (Wildman–Crippen MR) is 126 cm³/mol. The van der Waals surface area contributed by atoms with Crippen LogP contribution in [0.25, 0.3) is 0 Å². The Bertz CT molecular complexity index is 912. The lowest BCUT2D eigenvalue weighted by Gasteiger charge is -2.25. The van der Waals surface area contributed by atoms with Crippen LogP contribution in [-0.2, 0) is 14.8 Å². The van der Waals surface area contributed by atoms with Gasteiger partial charge in [0.1, 0.15) is 6.54 Å². The Labute approximate surface area is 189 Å². The molecule has 2 aromatic carbocycles. The number of hydrogen-bond donors (Lipinski definition) is 1. The number of rotatable bonds is 11. The van der Waals surface area contributed by atoms with E-state index in [9.17, 15) is 13.2 Å². The van der Waals surface area contributed by atoms with Crippen molar-refractivity contribution in [2.75, 3.05) is 17.4 Å². The first kappa shape index (κ1) is 24.4.